The Morgan fingerprint density at radius 3 is 2.32 bits per heavy atom. The molecule has 2 aromatic rings. The van der Waals surface area contributed by atoms with Gasteiger partial charge in [0.2, 0.25) is 5.91 Å². The van der Waals surface area contributed by atoms with Crippen molar-refractivity contribution in [1.29, 1.82) is 0 Å². The standard InChI is InChI=1S/C19H13F4NO4/c20-11-4-1-9(2-5-11)8-24-18(28)14-12-6-3-10(19(21,22)23)7-13(12)15(25)17(27)16(14)26/h1-7,14,17,27H,8H2,(H,24,28). The van der Waals surface area contributed by atoms with Gasteiger partial charge < -0.3 is 10.4 Å². The fourth-order valence-electron chi connectivity index (χ4n) is 2.95. The van der Waals surface area contributed by atoms with Gasteiger partial charge in [0, 0.05) is 12.1 Å². The molecule has 0 fully saturated rings. The highest BCUT2D eigenvalue weighted by Crippen LogP contribution is 2.35. The maximum atomic E-state index is 12.9. The second kappa shape index (κ2) is 7.16. The highest BCUT2D eigenvalue weighted by Gasteiger charge is 2.44. The molecular formula is C19H13F4NO4. The smallest absolute Gasteiger partial charge is 0.377 e. The molecule has 0 saturated carbocycles. The van der Waals surface area contributed by atoms with Crippen LogP contribution in [-0.4, -0.2) is 28.7 Å². The number of ketones is 2. The van der Waals surface area contributed by atoms with Gasteiger partial charge in [0.05, 0.1) is 5.56 Å². The van der Waals surface area contributed by atoms with E-state index >= 15 is 0 Å². The van der Waals surface area contributed by atoms with Crippen LogP contribution in [0.25, 0.3) is 0 Å². The number of halogens is 4. The average Bonchev–Trinajstić information content (AvgIpc) is 2.65. The summed E-state index contributed by atoms with van der Waals surface area (Å²) < 4.78 is 51.6. The van der Waals surface area contributed by atoms with Crippen molar-refractivity contribution in [2.45, 2.75) is 24.7 Å². The second-order valence-corrected chi connectivity index (χ2v) is 6.25. The fourth-order valence-corrected chi connectivity index (χ4v) is 2.95. The Hall–Kier alpha value is -3.07. The average molecular weight is 395 g/mol. The number of carbonyl (C=O) groups excluding carboxylic acids is 3. The number of rotatable bonds is 3. The van der Waals surface area contributed by atoms with Gasteiger partial charge >= 0.3 is 6.18 Å². The Morgan fingerprint density at radius 2 is 1.71 bits per heavy atom. The van der Waals surface area contributed by atoms with E-state index in [1.807, 2.05) is 0 Å². The summed E-state index contributed by atoms with van der Waals surface area (Å²) in [4.78, 5) is 36.8. The summed E-state index contributed by atoms with van der Waals surface area (Å²) in [5, 5.41) is 12.2. The summed E-state index contributed by atoms with van der Waals surface area (Å²) in [6.07, 6.45) is -6.96. The topological polar surface area (TPSA) is 83.5 Å². The lowest BCUT2D eigenvalue weighted by molar-refractivity contribution is -0.137. The first kappa shape index (κ1) is 19.7. The SMILES string of the molecule is O=C1c2cc(C(F)(F)F)ccc2C(C(=O)NCc2ccc(F)cc2)C(=O)C1O. The van der Waals surface area contributed by atoms with Gasteiger partial charge in [-0.15, -0.1) is 0 Å². The molecule has 0 bridgehead atoms. The number of hydrogen-bond donors (Lipinski definition) is 2. The molecule has 3 rings (SSSR count). The molecule has 0 aliphatic heterocycles. The van der Waals surface area contributed by atoms with Crippen molar-refractivity contribution in [2.24, 2.45) is 0 Å². The minimum atomic E-state index is -4.73. The van der Waals surface area contributed by atoms with Crippen molar-refractivity contribution in [3.05, 3.63) is 70.5 Å². The molecule has 2 N–H and O–H groups in total. The summed E-state index contributed by atoms with van der Waals surface area (Å²) in [7, 11) is 0. The maximum Gasteiger partial charge on any atom is 0.416 e. The Labute approximate surface area is 156 Å². The summed E-state index contributed by atoms with van der Waals surface area (Å²) in [6, 6.07) is 7.22. The van der Waals surface area contributed by atoms with Crippen LogP contribution in [0.15, 0.2) is 42.5 Å². The van der Waals surface area contributed by atoms with Crippen molar-refractivity contribution < 1.29 is 37.1 Å². The van der Waals surface area contributed by atoms with E-state index in [-0.39, 0.29) is 12.1 Å². The van der Waals surface area contributed by atoms with Crippen LogP contribution in [0.2, 0.25) is 0 Å². The predicted octanol–water partition coefficient (Wildman–Crippen LogP) is 2.37. The number of nitrogens with one attached hydrogen (secondary N) is 1. The molecule has 0 saturated heterocycles. The molecule has 1 amide bonds. The van der Waals surface area contributed by atoms with Crippen LogP contribution in [-0.2, 0) is 22.3 Å². The lowest BCUT2D eigenvalue weighted by atomic mass is 9.78. The largest absolute Gasteiger partial charge is 0.416 e. The van der Waals surface area contributed by atoms with Gasteiger partial charge in [-0.1, -0.05) is 18.2 Å². The second-order valence-electron chi connectivity index (χ2n) is 6.25. The number of hydrogen-bond acceptors (Lipinski definition) is 4. The van der Waals surface area contributed by atoms with Gasteiger partial charge in [-0.2, -0.15) is 13.2 Å². The Bertz CT molecular complexity index is 953. The molecule has 1 aliphatic rings. The van der Waals surface area contributed by atoms with Crippen LogP contribution in [0.5, 0.6) is 0 Å². The maximum absolute atomic E-state index is 12.9. The molecule has 2 atom stereocenters. The highest BCUT2D eigenvalue weighted by atomic mass is 19.4. The first-order valence-corrected chi connectivity index (χ1v) is 8.09. The molecule has 2 unspecified atom stereocenters. The molecule has 28 heavy (non-hydrogen) atoms. The third-order valence-electron chi connectivity index (χ3n) is 4.40. The molecule has 146 valence electrons. The third-order valence-corrected chi connectivity index (χ3v) is 4.40. The zero-order valence-electron chi connectivity index (χ0n) is 14.1. The van der Waals surface area contributed by atoms with Crippen molar-refractivity contribution in [3.8, 4) is 0 Å². The monoisotopic (exact) mass is 395 g/mol. The zero-order chi connectivity index (χ0) is 20.6. The summed E-state index contributed by atoms with van der Waals surface area (Å²) in [5.41, 5.74) is -1.34. The van der Waals surface area contributed by atoms with E-state index in [9.17, 15) is 37.1 Å². The van der Waals surface area contributed by atoms with Gasteiger partial charge in [-0.3, -0.25) is 14.4 Å². The molecule has 0 radical (unpaired) electrons. The van der Waals surface area contributed by atoms with Crippen molar-refractivity contribution in [1.82, 2.24) is 5.32 Å². The van der Waals surface area contributed by atoms with Crippen molar-refractivity contribution >= 4 is 17.5 Å². The molecule has 5 nitrogen and oxygen atoms in total. The predicted molar refractivity (Wildman–Crippen MR) is 87.8 cm³/mol. The number of aliphatic hydroxyl groups excluding tert-OH is 1. The van der Waals surface area contributed by atoms with Crippen molar-refractivity contribution in [2.75, 3.05) is 0 Å². The number of alkyl halides is 3. The summed E-state index contributed by atoms with van der Waals surface area (Å²) in [5.74, 6) is -5.30. The quantitative estimate of drug-likeness (QED) is 0.618. The Balaban J connectivity index is 1.91. The molecule has 0 aromatic heterocycles. The third kappa shape index (κ3) is 3.65. The van der Waals surface area contributed by atoms with E-state index in [1.54, 1.807) is 0 Å². The Morgan fingerprint density at radius 1 is 1.07 bits per heavy atom. The normalized spacial score (nSPS) is 19.3. The Kier molecular flexibility index (Phi) is 5.03. The lowest BCUT2D eigenvalue weighted by Gasteiger charge is -2.26. The van der Waals surface area contributed by atoms with Gasteiger partial charge in [-0.05, 0) is 35.4 Å². The van der Waals surface area contributed by atoms with Crippen molar-refractivity contribution in [3.63, 3.8) is 0 Å². The highest BCUT2D eigenvalue weighted by molar-refractivity contribution is 6.24. The molecule has 0 heterocycles. The number of amides is 1. The fraction of sp³-hybridized carbons (Fsp3) is 0.211. The number of fused-ring (bicyclic) bond motifs is 1. The lowest BCUT2D eigenvalue weighted by Crippen LogP contribution is -2.45. The van der Waals surface area contributed by atoms with E-state index < -0.39 is 52.6 Å². The first-order valence-electron chi connectivity index (χ1n) is 8.09. The van der Waals surface area contributed by atoms with E-state index in [1.165, 1.54) is 24.3 Å². The van der Waals surface area contributed by atoms with Crippen LogP contribution in [0.4, 0.5) is 17.6 Å². The molecule has 1 aliphatic carbocycles. The molecular weight excluding hydrogens is 382 g/mol. The zero-order valence-corrected chi connectivity index (χ0v) is 14.1. The van der Waals surface area contributed by atoms with E-state index in [0.29, 0.717) is 17.7 Å². The van der Waals surface area contributed by atoms with Gasteiger partial charge in [0.15, 0.2) is 17.7 Å². The number of aliphatic hydroxyl groups is 1. The summed E-state index contributed by atoms with van der Waals surface area (Å²) >= 11 is 0. The molecule has 2 aromatic carbocycles. The van der Waals surface area contributed by atoms with Crippen LogP contribution in [0.1, 0.15) is 33.0 Å². The van der Waals surface area contributed by atoms with Gasteiger partial charge in [-0.25, -0.2) is 4.39 Å². The van der Waals surface area contributed by atoms with Crippen LogP contribution in [0.3, 0.4) is 0 Å². The van der Waals surface area contributed by atoms with E-state index in [0.717, 1.165) is 6.07 Å². The van der Waals surface area contributed by atoms with E-state index in [4.69, 9.17) is 0 Å². The first-order chi connectivity index (χ1) is 13.1. The van der Waals surface area contributed by atoms with Crippen LogP contribution >= 0.6 is 0 Å². The number of Topliss-reactive ketones (excluding diaryl/α,β-unsaturated/α-hetero) is 2. The van der Waals surface area contributed by atoms with Crippen LogP contribution < -0.4 is 5.32 Å². The minimum absolute atomic E-state index is 0.0805. The summed E-state index contributed by atoms with van der Waals surface area (Å²) in [6.45, 7) is -0.0805. The number of carbonyl (C=O) groups is 3. The van der Waals surface area contributed by atoms with Crippen LogP contribution in [0, 0.1) is 5.82 Å². The minimum Gasteiger partial charge on any atom is -0.377 e. The van der Waals surface area contributed by atoms with Gasteiger partial charge in [0.1, 0.15) is 11.7 Å². The van der Waals surface area contributed by atoms with Gasteiger partial charge in [0.25, 0.3) is 0 Å². The molecule has 0 spiro atoms. The molecule has 9 heteroatoms. The number of benzene rings is 2. The van der Waals surface area contributed by atoms with E-state index in [2.05, 4.69) is 5.32 Å².